The molecule has 1 aromatic rings. The van der Waals surface area contributed by atoms with Gasteiger partial charge in [0, 0.05) is 17.1 Å². The van der Waals surface area contributed by atoms with Gasteiger partial charge in [0.2, 0.25) is 5.91 Å². The molecule has 3 N–H and O–H groups in total. The molecule has 1 atom stereocenters. The number of hydrogen-bond donors (Lipinski definition) is 2. The number of thioether (sulfide) groups is 1. The molecule has 0 aliphatic heterocycles. The highest BCUT2D eigenvalue weighted by Gasteiger charge is 2.15. The highest BCUT2D eigenvalue weighted by Crippen LogP contribution is 2.29. The van der Waals surface area contributed by atoms with Gasteiger partial charge in [-0.15, -0.1) is 11.8 Å². The first-order chi connectivity index (χ1) is 9.04. The largest absolute Gasteiger partial charge is 0.398 e. The van der Waals surface area contributed by atoms with Gasteiger partial charge in [-0.25, -0.2) is 4.39 Å². The van der Waals surface area contributed by atoms with Gasteiger partial charge in [0.05, 0.1) is 5.25 Å². The standard InChI is InChI=1S/C14H21FN2OS/c1-3-4-5-8-17-14(18)10(2)19-13-9-11(15)6-7-12(13)16/h6-7,9-10H,3-5,8,16H2,1-2H3,(H,17,18). The summed E-state index contributed by atoms with van der Waals surface area (Å²) in [6.07, 6.45) is 3.22. The van der Waals surface area contributed by atoms with Crippen LogP contribution in [0.3, 0.4) is 0 Å². The van der Waals surface area contributed by atoms with Crippen molar-refractivity contribution in [1.82, 2.24) is 5.32 Å². The van der Waals surface area contributed by atoms with Crippen LogP contribution in [-0.2, 0) is 4.79 Å². The molecule has 0 saturated heterocycles. The number of benzene rings is 1. The third kappa shape index (κ3) is 5.51. The van der Waals surface area contributed by atoms with Crippen molar-refractivity contribution in [2.24, 2.45) is 0 Å². The molecule has 1 rings (SSSR count). The van der Waals surface area contributed by atoms with Gasteiger partial charge >= 0.3 is 0 Å². The zero-order valence-electron chi connectivity index (χ0n) is 11.4. The number of carbonyl (C=O) groups is 1. The number of hydrogen-bond acceptors (Lipinski definition) is 3. The average molecular weight is 284 g/mol. The van der Waals surface area contributed by atoms with Crippen LogP contribution in [-0.4, -0.2) is 17.7 Å². The third-order valence-electron chi connectivity index (χ3n) is 2.73. The van der Waals surface area contributed by atoms with Crippen LogP contribution in [0.2, 0.25) is 0 Å². The molecule has 1 aromatic carbocycles. The Hall–Kier alpha value is -1.23. The molecule has 3 nitrogen and oxygen atoms in total. The van der Waals surface area contributed by atoms with E-state index in [4.69, 9.17) is 5.73 Å². The third-order valence-corrected chi connectivity index (χ3v) is 3.90. The Balaban J connectivity index is 2.47. The molecule has 106 valence electrons. The first-order valence-electron chi connectivity index (χ1n) is 6.54. The smallest absolute Gasteiger partial charge is 0.233 e. The van der Waals surface area contributed by atoms with E-state index in [-0.39, 0.29) is 17.0 Å². The monoisotopic (exact) mass is 284 g/mol. The van der Waals surface area contributed by atoms with Gasteiger partial charge < -0.3 is 11.1 Å². The predicted molar refractivity (Wildman–Crippen MR) is 78.7 cm³/mol. The fourth-order valence-corrected chi connectivity index (χ4v) is 2.54. The molecule has 0 aliphatic rings. The summed E-state index contributed by atoms with van der Waals surface area (Å²) in [4.78, 5) is 12.4. The lowest BCUT2D eigenvalue weighted by Crippen LogP contribution is -2.31. The Morgan fingerprint density at radius 2 is 2.21 bits per heavy atom. The second kappa shape index (κ2) is 8.04. The lowest BCUT2D eigenvalue weighted by atomic mass is 10.2. The minimum absolute atomic E-state index is 0.0373. The Labute approximate surface area is 118 Å². The number of unbranched alkanes of at least 4 members (excludes halogenated alkanes) is 2. The summed E-state index contributed by atoms with van der Waals surface area (Å²) in [6, 6.07) is 4.19. The fraction of sp³-hybridized carbons (Fsp3) is 0.500. The Morgan fingerprint density at radius 1 is 1.47 bits per heavy atom. The summed E-state index contributed by atoms with van der Waals surface area (Å²) in [5.74, 6) is -0.378. The van der Waals surface area contributed by atoms with Gasteiger partial charge in [-0.05, 0) is 31.5 Å². The molecule has 0 radical (unpaired) electrons. The molecule has 0 saturated carbocycles. The highest BCUT2D eigenvalue weighted by atomic mass is 32.2. The molecular weight excluding hydrogens is 263 g/mol. The molecule has 1 unspecified atom stereocenters. The van der Waals surface area contributed by atoms with E-state index in [1.807, 2.05) is 0 Å². The van der Waals surface area contributed by atoms with E-state index < -0.39 is 0 Å². The topological polar surface area (TPSA) is 55.1 Å². The second-order valence-corrected chi connectivity index (χ2v) is 5.82. The quantitative estimate of drug-likeness (QED) is 0.459. The summed E-state index contributed by atoms with van der Waals surface area (Å²) < 4.78 is 13.1. The number of rotatable bonds is 7. The Morgan fingerprint density at radius 3 is 2.89 bits per heavy atom. The summed E-state index contributed by atoms with van der Waals surface area (Å²) in [7, 11) is 0. The van der Waals surface area contributed by atoms with Crippen LogP contribution in [0, 0.1) is 5.82 Å². The Kier molecular flexibility index (Phi) is 6.70. The van der Waals surface area contributed by atoms with Gasteiger partial charge in [-0.3, -0.25) is 4.79 Å². The Bertz CT molecular complexity index is 426. The summed E-state index contributed by atoms with van der Waals surface area (Å²) >= 11 is 1.28. The normalized spacial score (nSPS) is 12.2. The zero-order chi connectivity index (χ0) is 14.3. The van der Waals surface area contributed by atoms with E-state index in [1.165, 1.54) is 30.0 Å². The molecule has 0 heterocycles. The average Bonchev–Trinajstić information content (AvgIpc) is 2.38. The number of amides is 1. The molecular formula is C14H21FN2OS. The SMILES string of the molecule is CCCCCNC(=O)C(C)Sc1cc(F)ccc1N. The van der Waals surface area contributed by atoms with Gasteiger partial charge in [0.1, 0.15) is 5.82 Å². The van der Waals surface area contributed by atoms with E-state index >= 15 is 0 Å². The van der Waals surface area contributed by atoms with E-state index in [2.05, 4.69) is 12.2 Å². The van der Waals surface area contributed by atoms with Gasteiger partial charge in [0.15, 0.2) is 0 Å². The second-order valence-electron chi connectivity index (χ2n) is 4.44. The maximum Gasteiger partial charge on any atom is 0.233 e. The van der Waals surface area contributed by atoms with Crippen LogP contribution in [0.1, 0.15) is 33.1 Å². The van der Waals surface area contributed by atoms with Crippen molar-refractivity contribution in [2.75, 3.05) is 12.3 Å². The summed E-state index contributed by atoms with van der Waals surface area (Å²) in [6.45, 7) is 4.60. The first kappa shape index (κ1) is 15.8. The number of nitrogens with two attached hydrogens (primary N) is 1. The maximum atomic E-state index is 13.1. The molecule has 19 heavy (non-hydrogen) atoms. The van der Waals surface area contributed by atoms with E-state index in [9.17, 15) is 9.18 Å². The van der Waals surface area contributed by atoms with Crippen LogP contribution >= 0.6 is 11.8 Å². The van der Waals surface area contributed by atoms with E-state index in [0.29, 0.717) is 17.1 Å². The first-order valence-corrected chi connectivity index (χ1v) is 7.42. The van der Waals surface area contributed by atoms with E-state index in [1.54, 1.807) is 6.92 Å². The van der Waals surface area contributed by atoms with Crippen LogP contribution in [0.4, 0.5) is 10.1 Å². The van der Waals surface area contributed by atoms with Crippen molar-refractivity contribution in [3.05, 3.63) is 24.0 Å². The van der Waals surface area contributed by atoms with Gasteiger partial charge in [0.25, 0.3) is 0 Å². The maximum absolute atomic E-state index is 13.1. The number of carbonyl (C=O) groups excluding carboxylic acids is 1. The lowest BCUT2D eigenvalue weighted by molar-refractivity contribution is -0.120. The van der Waals surface area contributed by atoms with E-state index in [0.717, 1.165) is 19.3 Å². The molecule has 0 aromatic heterocycles. The molecule has 0 aliphatic carbocycles. The number of nitrogens with one attached hydrogen (secondary N) is 1. The molecule has 0 fully saturated rings. The predicted octanol–water partition coefficient (Wildman–Crippen LogP) is 3.19. The molecule has 0 spiro atoms. The minimum atomic E-state index is -0.341. The van der Waals surface area contributed by atoms with Crippen molar-refractivity contribution in [1.29, 1.82) is 0 Å². The summed E-state index contributed by atoms with van der Waals surface area (Å²) in [5.41, 5.74) is 6.26. The van der Waals surface area contributed by atoms with Gasteiger partial charge in [-0.1, -0.05) is 19.8 Å². The highest BCUT2D eigenvalue weighted by molar-refractivity contribution is 8.00. The van der Waals surface area contributed by atoms with Crippen LogP contribution in [0.15, 0.2) is 23.1 Å². The van der Waals surface area contributed by atoms with Gasteiger partial charge in [-0.2, -0.15) is 0 Å². The van der Waals surface area contributed by atoms with Crippen molar-refractivity contribution >= 4 is 23.4 Å². The van der Waals surface area contributed by atoms with Crippen molar-refractivity contribution < 1.29 is 9.18 Å². The van der Waals surface area contributed by atoms with Crippen LogP contribution < -0.4 is 11.1 Å². The lowest BCUT2D eigenvalue weighted by Gasteiger charge is -2.13. The zero-order valence-corrected chi connectivity index (χ0v) is 12.2. The van der Waals surface area contributed by atoms with Crippen LogP contribution in [0.25, 0.3) is 0 Å². The number of anilines is 1. The number of halogens is 1. The molecule has 1 amide bonds. The molecule has 5 heteroatoms. The van der Waals surface area contributed by atoms with Crippen LogP contribution in [0.5, 0.6) is 0 Å². The van der Waals surface area contributed by atoms with Crippen molar-refractivity contribution in [2.45, 2.75) is 43.3 Å². The van der Waals surface area contributed by atoms with Crippen molar-refractivity contribution in [3.8, 4) is 0 Å². The molecule has 0 bridgehead atoms. The summed E-state index contributed by atoms with van der Waals surface area (Å²) in [5, 5.41) is 2.59. The fourth-order valence-electron chi connectivity index (χ4n) is 1.58. The van der Waals surface area contributed by atoms with Crippen molar-refractivity contribution in [3.63, 3.8) is 0 Å². The minimum Gasteiger partial charge on any atom is -0.398 e. The number of nitrogen functional groups attached to an aromatic ring is 1.